The summed E-state index contributed by atoms with van der Waals surface area (Å²) in [7, 11) is 0. The van der Waals surface area contributed by atoms with Crippen molar-refractivity contribution in [1.82, 2.24) is 24.4 Å². The van der Waals surface area contributed by atoms with Gasteiger partial charge in [-0.3, -0.25) is 14.5 Å². The molecule has 4 heterocycles. The number of nitrogens with zero attached hydrogens (tertiary/aromatic N) is 5. The largest absolute Gasteiger partial charge is 0.441 e. The van der Waals surface area contributed by atoms with Gasteiger partial charge in [-0.05, 0) is 68.0 Å². The Morgan fingerprint density at radius 3 is 2.57 bits per heavy atom. The van der Waals surface area contributed by atoms with Gasteiger partial charge in [0.05, 0.1) is 17.1 Å². The van der Waals surface area contributed by atoms with Gasteiger partial charge in [-0.2, -0.15) is 0 Å². The van der Waals surface area contributed by atoms with Crippen LogP contribution in [0.4, 0.5) is 4.79 Å². The molecule has 3 aromatic heterocycles. The first-order valence-corrected chi connectivity index (χ1v) is 12.0. The summed E-state index contributed by atoms with van der Waals surface area (Å²) in [4.78, 5) is 28.4. The number of ether oxygens (including phenoxy) is 1. The molecule has 1 aliphatic carbocycles. The molecule has 1 saturated heterocycles. The number of carbonyl (C=O) groups is 1. The number of hydrogen-bond acceptors (Lipinski definition) is 5. The van der Waals surface area contributed by atoms with E-state index in [1.165, 1.54) is 5.57 Å². The molecule has 35 heavy (non-hydrogen) atoms. The van der Waals surface area contributed by atoms with Gasteiger partial charge in [-0.15, -0.1) is 0 Å². The maximum Gasteiger partial charge on any atom is 0.411 e. The number of benzene rings is 1. The number of rotatable bonds is 4. The third kappa shape index (κ3) is 3.77. The summed E-state index contributed by atoms with van der Waals surface area (Å²) in [6.45, 7) is 4.00. The number of hydrogen-bond donors (Lipinski definition) is 0. The first-order chi connectivity index (χ1) is 17.0. The molecule has 1 fully saturated rings. The quantitative estimate of drug-likeness (QED) is 0.385. The van der Waals surface area contributed by atoms with Crippen molar-refractivity contribution in [2.75, 3.05) is 0 Å². The van der Waals surface area contributed by atoms with E-state index in [0.717, 1.165) is 41.4 Å². The Morgan fingerprint density at radius 2 is 1.83 bits per heavy atom. The summed E-state index contributed by atoms with van der Waals surface area (Å²) >= 11 is 0. The first-order valence-electron chi connectivity index (χ1n) is 12.0. The molecule has 0 spiro atoms. The van der Waals surface area contributed by atoms with Crippen molar-refractivity contribution in [2.45, 2.75) is 50.8 Å². The van der Waals surface area contributed by atoms with Crippen molar-refractivity contribution in [3.05, 3.63) is 90.5 Å². The predicted octanol–water partition coefficient (Wildman–Crippen LogP) is 5.72. The molecule has 4 aromatic rings. The average molecular weight is 466 g/mol. The fourth-order valence-electron chi connectivity index (χ4n) is 5.44. The van der Waals surface area contributed by atoms with Crippen LogP contribution in [0, 0.1) is 0 Å². The van der Waals surface area contributed by atoms with E-state index >= 15 is 0 Å². The van der Waals surface area contributed by atoms with Crippen molar-refractivity contribution in [3.63, 3.8) is 0 Å². The summed E-state index contributed by atoms with van der Waals surface area (Å²) in [6, 6.07) is 16.1. The zero-order valence-corrected chi connectivity index (χ0v) is 19.8. The van der Waals surface area contributed by atoms with E-state index in [0.29, 0.717) is 5.95 Å². The van der Waals surface area contributed by atoms with Crippen LogP contribution in [-0.4, -0.2) is 42.2 Å². The standard InChI is InChI=1S/C28H27N5O2/c1-28(2)25(20-7-4-3-5-8-20)33(27(34)35-28)22-11-9-19(10-12-22)21-17-24-23(31-18-21)13-16-32(24)26-29-14-6-15-30-26/h3-9,13-18,22,25H,10-12H2,1-2H3. The van der Waals surface area contributed by atoms with Gasteiger partial charge < -0.3 is 4.74 Å². The van der Waals surface area contributed by atoms with Gasteiger partial charge in [-0.25, -0.2) is 14.8 Å². The molecule has 1 aliphatic heterocycles. The van der Waals surface area contributed by atoms with E-state index < -0.39 is 5.60 Å². The summed E-state index contributed by atoms with van der Waals surface area (Å²) in [6.07, 6.45) is 11.9. The molecular formula is C28H27N5O2. The van der Waals surface area contributed by atoms with E-state index in [2.05, 4.69) is 39.2 Å². The van der Waals surface area contributed by atoms with E-state index in [-0.39, 0.29) is 18.2 Å². The molecule has 0 N–H and O–H groups in total. The Hall–Kier alpha value is -4.00. The lowest BCUT2D eigenvalue weighted by atomic mass is 9.86. The Labute approximate surface area is 204 Å². The minimum Gasteiger partial charge on any atom is -0.441 e. The molecule has 2 aliphatic rings. The van der Waals surface area contributed by atoms with Crippen LogP contribution in [0.5, 0.6) is 0 Å². The summed E-state index contributed by atoms with van der Waals surface area (Å²) < 4.78 is 7.79. The predicted molar refractivity (Wildman–Crippen MR) is 134 cm³/mol. The second-order valence-corrected chi connectivity index (χ2v) is 9.71. The van der Waals surface area contributed by atoms with Crippen LogP contribution < -0.4 is 0 Å². The van der Waals surface area contributed by atoms with Gasteiger partial charge in [-0.1, -0.05) is 36.4 Å². The Morgan fingerprint density at radius 1 is 1.03 bits per heavy atom. The Kier molecular flexibility index (Phi) is 5.13. The van der Waals surface area contributed by atoms with E-state index in [9.17, 15) is 4.79 Å². The van der Waals surface area contributed by atoms with E-state index in [4.69, 9.17) is 4.74 Å². The lowest BCUT2D eigenvalue weighted by Gasteiger charge is -2.36. The van der Waals surface area contributed by atoms with Crippen LogP contribution in [0.25, 0.3) is 22.6 Å². The third-order valence-electron chi connectivity index (χ3n) is 7.07. The second-order valence-electron chi connectivity index (χ2n) is 9.71. The number of cyclic esters (lactones) is 1. The summed E-state index contributed by atoms with van der Waals surface area (Å²) in [5, 5.41) is 0. The lowest BCUT2D eigenvalue weighted by Crippen LogP contribution is -2.41. The van der Waals surface area contributed by atoms with Crippen LogP contribution in [-0.2, 0) is 4.74 Å². The number of aromatic nitrogens is 4. The van der Waals surface area contributed by atoms with Gasteiger partial charge in [0, 0.05) is 30.8 Å². The van der Waals surface area contributed by atoms with Gasteiger partial charge in [0.2, 0.25) is 5.95 Å². The topological polar surface area (TPSA) is 73.1 Å². The smallest absolute Gasteiger partial charge is 0.411 e. The van der Waals surface area contributed by atoms with Crippen LogP contribution in [0.3, 0.4) is 0 Å². The molecule has 0 bridgehead atoms. The van der Waals surface area contributed by atoms with Gasteiger partial charge in [0.15, 0.2) is 0 Å². The minimum atomic E-state index is -0.581. The normalized spacial score (nSPS) is 21.7. The SMILES string of the molecule is CC1(C)OC(=O)N(C2CC=C(c3cnc4ccn(-c5ncccn5)c4c3)CC2)C1c1ccccc1. The van der Waals surface area contributed by atoms with Crippen molar-refractivity contribution >= 4 is 22.7 Å². The summed E-state index contributed by atoms with van der Waals surface area (Å²) in [5.74, 6) is 0.626. The Balaban J connectivity index is 1.28. The molecular weight excluding hydrogens is 438 g/mol. The van der Waals surface area contributed by atoms with Gasteiger partial charge in [0.1, 0.15) is 5.60 Å². The number of amides is 1. The molecule has 2 atom stereocenters. The average Bonchev–Trinajstić information content (AvgIpc) is 3.41. The highest BCUT2D eigenvalue weighted by Gasteiger charge is 2.50. The fraction of sp³-hybridized carbons (Fsp3) is 0.286. The van der Waals surface area contributed by atoms with Crippen molar-refractivity contribution in [3.8, 4) is 5.95 Å². The van der Waals surface area contributed by atoms with Crippen LogP contribution in [0.2, 0.25) is 0 Å². The van der Waals surface area contributed by atoms with E-state index in [1.54, 1.807) is 12.4 Å². The zero-order valence-electron chi connectivity index (χ0n) is 19.8. The molecule has 1 amide bonds. The summed E-state index contributed by atoms with van der Waals surface area (Å²) in [5.41, 5.74) is 4.75. The second kappa shape index (κ2) is 8.34. The molecule has 6 rings (SSSR count). The number of fused-ring (bicyclic) bond motifs is 1. The molecule has 2 unspecified atom stereocenters. The molecule has 0 radical (unpaired) electrons. The molecule has 7 nitrogen and oxygen atoms in total. The lowest BCUT2D eigenvalue weighted by molar-refractivity contribution is 0.0668. The number of carbonyl (C=O) groups excluding carboxylic acids is 1. The maximum atomic E-state index is 13.0. The highest BCUT2D eigenvalue weighted by atomic mass is 16.6. The van der Waals surface area contributed by atoms with Gasteiger partial charge in [0.25, 0.3) is 0 Å². The number of allylic oxidation sites excluding steroid dienone is 1. The molecule has 0 saturated carbocycles. The fourth-order valence-corrected chi connectivity index (χ4v) is 5.44. The maximum absolute atomic E-state index is 13.0. The van der Waals surface area contributed by atoms with Crippen molar-refractivity contribution in [2.24, 2.45) is 0 Å². The highest BCUT2D eigenvalue weighted by molar-refractivity contribution is 5.82. The molecule has 7 heteroatoms. The highest BCUT2D eigenvalue weighted by Crippen LogP contribution is 2.45. The van der Waals surface area contributed by atoms with Crippen molar-refractivity contribution < 1.29 is 9.53 Å². The Bertz CT molecular complexity index is 1410. The van der Waals surface area contributed by atoms with Crippen LogP contribution >= 0.6 is 0 Å². The van der Waals surface area contributed by atoms with Crippen molar-refractivity contribution in [1.29, 1.82) is 0 Å². The van der Waals surface area contributed by atoms with Crippen LogP contribution in [0.1, 0.15) is 50.3 Å². The third-order valence-corrected chi connectivity index (χ3v) is 7.07. The number of pyridine rings is 1. The first kappa shape index (κ1) is 21.5. The van der Waals surface area contributed by atoms with Crippen LogP contribution in [0.15, 0.2) is 79.4 Å². The minimum absolute atomic E-state index is 0.0940. The van der Waals surface area contributed by atoms with E-state index in [1.807, 2.05) is 66.0 Å². The molecule has 1 aromatic carbocycles. The van der Waals surface area contributed by atoms with Gasteiger partial charge >= 0.3 is 6.09 Å². The molecule has 176 valence electrons. The monoisotopic (exact) mass is 465 g/mol. The zero-order chi connectivity index (χ0) is 24.0.